The Balaban J connectivity index is 2.02. The van der Waals surface area contributed by atoms with E-state index in [1.54, 1.807) is 0 Å². The Morgan fingerprint density at radius 1 is 1.25 bits per heavy atom. The molecule has 0 aliphatic heterocycles. The molecular weight excluding hydrogens is 256 g/mol. The second kappa shape index (κ2) is 6.63. The van der Waals surface area contributed by atoms with Crippen LogP contribution in [0.25, 0.3) is 0 Å². The zero-order chi connectivity index (χ0) is 14.4. The molecule has 0 fully saturated rings. The fourth-order valence-corrected chi connectivity index (χ4v) is 1.82. The number of hydrogen-bond donors (Lipinski definition) is 3. The first-order chi connectivity index (χ1) is 9.69. The first kappa shape index (κ1) is 14.0. The van der Waals surface area contributed by atoms with Gasteiger partial charge in [0.2, 0.25) is 5.91 Å². The smallest absolute Gasteiger partial charge is 0.264 e. The van der Waals surface area contributed by atoms with Crippen molar-refractivity contribution < 1.29 is 4.79 Å². The van der Waals surface area contributed by atoms with Crippen LogP contribution in [0.5, 0.6) is 0 Å². The molecule has 0 bridgehead atoms. The molecule has 1 unspecified atom stereocenters. The Morgan fingerprint density at radius 2 is 2.00 bits per heavy atom. The van der Waals surface area contributed by atoms with Gasteiger partial charge >= 0.3 is 0 Å². The highest BCUT2D eigenvalue weighted by molar-refractivity contribution is 5.91. The number of amides is 1. The molecule has 1 atom stereocenters. The van der Waals surface area contributed by atoms with E-state index in [1.165, 1.54) is 12.1 Å². The van der Waals surface area contributed by atoms with Crippen LogP contribution in [-0.2, 0) is 11.2 Å². The van der Waals surface area contributed by atoms with Crippen LogP contribution in [-0.4, -0.2) is 22.6 Å². The summed E-state index contributed by atoms with van der Waals surface area (Å²) >= 11 is 0. The van der Waals surface area contributed by atoms with Gasteiger partial charge in [0.1, 0.15) is 0 Å². The van der Waals surface area contributed by atoms with Crippen molar-refractivity contribution in [2.75, 3.05) is 11.9 Å². The fourth-order valence-electron chi connectivity index (χ4n) is 1.82. The van der Waals surface area contributed by atoms with Crippen LogP contribution >= 0.6 is 0 Å². The molecule has 0 radical (unpaired) electrons. The molecule has 4 N–H and O–H groups in total. The standard InChI is InChI=1S/C14H16N4O2/c15-9-11(8-10-4-2-1-3-5-10)14(20)16-12-6-7-13(19)18-17-12/h1-7,11H,8-9,15H2,(H,18,19)(H,16,17,20). The Morgan fingerprint density at radius 3 is 2.60 bits per heavy atom. The summed E-state index contributed by atoms with van der Waals surface area (Å²) in [6.07, 6.45) is 0.562. The second-order valence-corrected chi connectivity index (χ2v) is 4.42. The van der Waals surface area contributed by atoms with Gasteiger partial charge in [-0.05, 0) is 18.1 Å². The summed E-state index contributed by atoms with van der Waals surface area (Å²) in [7, 11) is 0. The van der Waals surface area contributed by atoms with Crippen LogP contribution in [0.1, 0.15) is 5.56 Å². The molecule has 0 saturated carbocycles. The average molecular weight is 272 g/mol. The van der Waals surface area contributed by atoms with Crippen molar-refractivity contribution in [1.82, 2.24) is 10.2 Å². The van der Waals surface area contributed by atoms with E-state index in [-0.39, 0.29) is 23.9 Å². The summed E-state index contributed by atoms with van der Waals surface area (Å²) < 4.78 is 0. The minimum atomic E-state index is -0.342. The van der Waals surface area contributed by atoms with Gasteiger partial charge in [-0.3, -0.25) is 9.59 Å². The quantitative estimate of drug-likeness (QED) is 0.738. The van der Waals surface area contributed by atoms with Crippen molar-refractivity contribution in [3.63, 3.8) is 0 Å². The molecule has 2 aromatic rings. The summed E-state index contributed by atoms with van der Waals surface area (Å²) in [6, 6.07) is 12.4. The van der Waals surface area contributed by atoms with Crippen LogP contribution in [0.3, 0.4) is 0 Å². The lowest BCUT2D eigenvalue weighted by Crippen LogP contribution is -2.31. The van der Waals surface area contributed by atoms with Crippen LogP contribution in [0, 0.1) is 5.92 Å². The molecule has 2 rings (SSSR count). The van der Waals surface area contributed by atoms with E-state index >= 15 is 0 Å². The van der Waals surface area contributed by atoms with E-state index < -0.39 is 0 Å². The predicted molar refractivity (Wildman–Crippen MR) is 76.2 cm³/mol. The lowest BCUT2D eigenvalue weighted by molar-refractivity contribution is -0.119. The first-order valence-corrected chi connectivity index (χ1v) is 6.29. The number of hydrogen-bond acceptors (Lipinski definition) is 4. The Kier molecular flexibility index (Phi) is 4.62. The van der Waals surface area contributed by atoms with E-state index in [2.05, 4.69) is 15.5 Å². The number of carbonyl (C=O) groups is 1. The number of anilines is 1. The first-order valence-electron chi connectivity index (χ1n) is 6.29. The largest absolute Gasteiger partial charge is 0.330 e. The van der Waals surface area contributed by atoms with Gasteiger partial charge in [0.15, 0.2) is 5.82 Å². The highest BCUT2D eigenvalue weighted by Gasteiger charge is 2.17. The zero-order valence-electron chi connectivity index (χ0n) is 10.9. The van der Waals surface area contributed by atoms with Crippen molar-refractivity contribution in [1.29, 1.82) is 0 Å². The number of carbonyl (C=O) groups excluding carboxylic acids is 1. The topological polar surface area (TPSA) is 101 Å². The van der Waals surface area contributed by atoms with Gasteiger partial charge in [0.05, 0.1) is 5.92 Å². The molecule has 6 heteroatoms. The lowest BCUT2D eigenvalue weighted by Gasteiger charge is -2.14. The minimum absolute atomic E-state index is 0.212. The third-order valence-electron chi connectivity index (χ3n) is 2.91. The van der Waals surface area contributed by atoms with E-state index in [0.29, 0.717) is 12.2 Å². The molecule has 1 aromatic carbocycles. The molecule has 6 nitrogen and oxygen atoms in total. The second-order valence-electron chi connectivity index (χ2n) is 4.42. The number of aromatic amines is 1. The summed E-state index contributed by atoms with van der Waals surface area (Å²) in [5, 5.41) is 8.63. The van der Waals surface area contributed by atoms with E-state index in [4.69, 9.17) is 5.73 Å². The molecule has 1 heterocycles. The molecule has 1 aromatic heterocycles. The highest BCUT2D eigenvalue weighted by Crippen LogP contribution is 2.10. The molecule has 0 spiro atoms. The summed E-state index contributed by atoms with van der Waals surface area (Å²) in [5.74, 6) is -0.247. The van der Waals surface area contributed by atoms with Crippen LogP contribution in [0.15, 0.2) is 47.3 Å². The van der Waals surface area contributed by atoms with E-state index in [0.717, 1.165) is 5.56 Å². The van der Waals surface area contributed by atoms with Crippen molar-refractivity contribution in [2.45, 2.75) is 6.42 Å². The fraction of sp³-hybridized carbons (Fsp3) is 0.214. The molecule has 1 amide bonds. The van der Waals surface area contributed by atoms with Gasteiger partial charge in [-0.15, -0.1) is 0 Å². The van der Waals surface area contributed by atoms with Crippen molar-refractivity contribution in [2.24, 2.45) is 11.7 Å². The Hall–Kier alpha value is -2.47. The molecule has 104 valence electrons. The number of aromatic nitrogens is 2. The third-order valence-corrected chi connectivity index (χ3v) is 2.91. The SMILES string of the molecule is NCC(Cc1ccccc1)C(=O)Nc1ccc(=O)[nH]n1. The molecule has 20 heavy (non-hydrogen) atoms. The maximum absolute atomic E-state index is 12.1. The van der Waals surface area contributed by atoms with Gasteiger partial charge in [0, 0.05) is 12.6 Å². The number of H-pyrrole nitrogens is 1. The average Bonchev–Trinajstić information content (AvgIpc) is 2.48. The molecular formula is C14H16N4O2. The van der Waals surface area contributed by atoms with Gasteiger partial charge in [-0.2, -0.15) is 5.10 Å². The summed E-state index contributed by atoms with van der Waals surface area (Å²) in [5.41, 5.74) is 6.39. The lowest BCUT2D eigenvalue weighted by atomic mass is 9.98. The number of nitrogens with zero attached hydrogens (tertiary/aromatic N) is 1. The maximum Gasteiger partial charge on any atom is 0.264 e. The predicted octanol–water partition coefficient (Wildman–Crippen LogP) is 0.526. The van der Waals surface area contributed by atoms with Gasteiger partial charge in [0.25, 0.3) is 5.56 Å². The molecule has 0 aliphatic carbocycles. The van der Waals surface area contributed by atoms with Crippen LogP contribution in [0.4, 0.5) is 5.82 Å². The summed E-state index contributed by atoms with van der Waals surface area (Å²) in [6.45, 7) is 0.240. The van der Waals surface area contributed by atoms with E-state index in [9.17, 15) is 9.59 Å². The molecule has 0 saturated heterocycles. The van der Waals surface area contributed by atoms with Crippen LogP contribution < -0.4 is 16.6 Å². The van der Waals surface area contributed by atoms with Gasteiger partial charge in [-0.1, -0.05) is 30.3 Å². The normalized spacial score (nSPS) is 11.8. The van der Waals surface area contributed by atoms with Crippen molar-refractivity contribution in [3.05, 3.63) is 58.4 Å². The Bertz CT molecular complexity index is 604. The van der Waals surface area contributed by atoms with Crippen molar-refractivity contribution >= 4 is 11.7 Å². The zero-order valence-corrected chi connectivity index (χ0v) is 10.9. The molecule has 0 aliphatic rings. The van der Waals surface area contributed by atoms with Crippen LogP contribution in [0.2, 0.25) is 0 Å². The third kappa shape index (κ3) is 3.76. The maximum atomic E-state index is 12.1. The number of benzene rings is 1. The monoisotopic (exact) mass is 272 g/mol. The van der Waals surface area contributed by atoms with Crippen molar-refractivity contribution in [3.8, 4) is 0 Å². The highest BCUT2D eigenvalue weighted by atomic mass is 16.2. The van der Waals surface area contributed by atoms with Gasteiger partial charge < -0.3 is 11.1 Å². The summed E-state index contributed by atoms with van der Waals surface area (Å²) in [4.78, 5) is 23.0. The Labute approximate surface area is 116 Å². The van der Waals surface area contributed by atoms with E-state index in [1.807, 2.05) is 30.3 Å². The minimum Gasteiger partial charge on any atom is -0.330 e. The van der Waals surface area contributed by atoms with Gasteiger partial charge in [-0.25, -0.2) is 5.10 Å². The number of rotatable bonds is 5. The number of nitrogens with two attached hydrogens (primary N) is 1. The number of nitrogens with one attached hydrogen (secondary N) is 2.